The van der Waals surface area contributed by atoms with E-state index in [1.165, 1.54) is 0 Å². The summed E-state index contributed by atoms with van der Waals surface area (Å²) in [5, 5.41) is 14.8. The zero-order chi connectivity index (χ0) is 5.15. The van der Waals surface area contributed by atoms with Crippen LogP contribution in [0.5, 0.6) is 0 Å². The molecule has 0 aromatic carbocycles. The molecule has 0 aliphatic carbocycles. The van der Waals surface area contributed by atoms with Crippen LogP contribution in [0, 0.1) is 14.9 Å². The molecule has 0 heterocycles. The minimum Gasteiger partial charge on any atom is -0.473 e. The fourth-order valence-electron chi connectivity index (χ4n) is 0. The molecule has 2 N–H and O–H groups in total. The summed E-state index contributed by atoms with van der Waals surface area (Å²) >= 11 is 0. The summed E-state index contributed by atoms with van der Waals surface area (Å²) in [6, 6.07) is 0. The molecule has 70 valence electrons. The Labute approximate surface area is 106 Å². The maximum Gasteiger partial charge on any atom is 0.414 e. The molecule has 0 atom stereocenters. The van der Waals surface area contributed by atoms with E-state index in [2.05, 4.69) is 0 Å². The van der Waals surface area contributed by atoms with Crippen molar-refractivity contribution in [2.24, 2.45) is 0 Å². The zero-order valence-corrected chi connectivity index (χ0v) is 10.9. The van der Waals surface area contributed by atoms with E-state index in [1.54, 1.807) is 0 Å². The van der Waals surface area contributed by atoms with Gasteiger partial charge in [-0.1, -0.05) is 7.43 Å². The largest absolute Gasteiger partial charge is 0.473 e. The van der Waals surface area contributed by atoms with Crippen LogP contribution in [0.25, 0.3) is 0 Å². The molecular weight excluding hydrogens is 405 g/mol. The van der Waals surface area contributed by atoms with Gasteiger partial charge in [0.25, 0.3) is 0 Å². The maximum absolute atomic E-state index is 9.10. The molecule has 11 heavy (non-hydrogen) atoms. The van der Waals surface area contributed by atoms with Crippen LogP contribution in [0.1, 0.15) is 7.43 Å². The molecule has 0 amide bonds. The van der Waals surface area contributed by atoms with E-state index in [0.29, 0.717) is 0 Å². The summed E-state index contributed by atoms with van der Waals surface area (Å²) in [6.07, 6.45) is 0. The van der Waals surface area contributed by atoms with Gasteiger partial charge in [-0.25, -0.2) is 9.59 Å². The first-order valence-electron chi connectivity index (χ1n) is 1.11. The molecule has 0 bridgehead atoms. The molecule has 4 nitrogen and oxygen atoms in total. The Balaban J connectivity index is -0.0000000125. The summed E-state index contributed by atoms with van der Waals surface area (Å²) < 4.78 is 0. The van der Waals surface area contributed by atoms with Gasteiger partial charge in [0, 0.05) is 52.8 Å². The van der Waals surface area contributed by atoms with Crippen molar-refractivity contribution in [1.29, 1.82) is 0 Å². The molecule has 0 aromatic rings. The van der Waals surface area contributed by atoms with Gasteiger partial charge in [-0.05, 0) is 0 Å². The van der Waals surface area contributed by atoms with Gasteiger partial charge in [0.1, 0.15) is 0 Å². The molecule has 0 aliphatic rings. The summed E-state index contributed by atoms with van der Waals surface area (Å²) in [5.41, 5.74) is 0. The van der Waals surface area contributed by atoms with Crippen LogP contribution in [0.3, 0.4) is 0 Å². The molecule has 6 heteroatoms. The van der Waals surface area contributed by atoms with Crippen molar-refractivity contribution in [2.45, 2.75) is 7.43 Å². The maximum atomic E-state index is 9.10. The quantitative estimate of drug-likeness (QED) is 0.450. The van der Waals surface area contributed by atoms with Gasteiger partial charge in [0.15, 0.2) is 0 Å². The van der Waals surface area contributed by atoms with Crippen molar-refractivity contribution < 1.29 is 72.6 Å². The number of aliphatic carboxylic acids is 2. The van der Waals surface area contributed by atoms with E-state index in [1.807, 2.05) is 0 Å². The molecule has 0 aromatic heterocycles. The second kappa shape index (κ2) is 22.4. The van der Waals surface area contributed by atoms with Gasteiger partial charge >= 0.3 is 11.9 Å². The van der Waals surface area contributed by atoms with Crippen molar-refractivity contribution in [3.05, 3.63) is 14.9 Å². The Kier molecular flexibility index (Phi) is 84.1. The Morgan fingerprint density at radius 1 is 0.909 bits per heavy atom. The Hall–Kier alpha value is 0.693. The predicted octanol–water partition coefficient (Wildman–Crippen LogP) is 0.687. The van der Waals surface area contributed by atoms with Crippen LogP contribution < -0.4 is 0 Å². The molecule has 0 saturated carbocycles. The van der Waals surface area contributed by atoms with E-state index in [9.17, 15) is 0 Å². The first-order valence-corrected chi connectivity index (χ1v) is 1.11. The van der Waals surface area contributed by atoms with Gasteiger partial charge in [0.2, 0.25) is 0 Å². The van der Waals surface area contributed by atoms with Crippen molar-refractivity contribution in [1.82, 2.24) is 0 Å². The topological polar surface area (TPSA) is 74.6 Å². The third-order valence-corrected chi connectivity index (χ3v) is 0.183. The number of carboxylic acids is 2. The third kappa shape index (κ3) is 36.7. The van der Waals surface area contributed by atoms with E-state index in [-0.39, 0.29) is 75.1 Å². The summed E-state index contributed by atoms with van der Waals surface area (Å²) in [5.74, 6) is -3.65. The van der Waals surface area contributed by atoms with Crippen LogP contribution in [0.4, 0.5) is 0 Å². The average Bonchev–Trinajstić information content (AvgIpc) is 1.36. The molecule has 0 aliphatic heterocycles. The average molecular weight is 417 g/mol. The van der Waals surface area contributed by atoms with E-state index >= 15 is 0 Å². The van der Waals surface area contributed by atoms with Crippen molar-refractivity contribution in [3.8, 4) is 0 Å². The number of carboxylic acid groups (broad SMARTS) is 2. The predicted molar refractivity (Wildman–Crippen MR) is 34.8 cm³/mol. The number of hydrogen-bond acceptors (Lipinski definition) is 2. The first kappa shape index (κ1) is 41.3. The fourth-order valence-corrected chi connectivity index (χ4v) is 0. The molecular formula is C5H12IrO4Y-2. The molecule has 0 spiro atoms. The van der Waals surface area contributed by atoms with Crippen LogP contribution in [0.2, 0.25) is 0 Å². The Morgan fingerprint density at radius 3 is 1.00 bits per heavy atom. The van der Waals surface area contributed by atoms with Crippen LogP contribution in [-0.4, -0.2) is 22.2 Å². The Bertz CT molecular complexity index is 84.5. The fraction of sp³-hybridized carbons (Fsp3) is 0.200. The van der Waals surface area contributed by atoms with Gasteiger partial charge in [-0.15, -0.1) is 0 Å². The molecule has 0 saturated heterocycles. The van der Waals surface area contributed by atoms with Crippen LogP contribution in [-0.2, 0) is 62.4 Å². The minimum atomic E-state index is -1.82. The van der Waals surface area contributed by atoms with E-state index < -0.39 is 11.9 Å². The molecule has 0 unspecified atom stereocenters. The van der Waals surface area contributed by atoms with E-state index in [0.717, 1.165) is 0 Å². The van der Waals surface area contributed by atoms with Crippen LogP contribution in [0.15, 0.2) is 0 Å². The van der Waals surface area contributed by atoms with Crippen molar-refractivity contribution >= 4 is 11.9 Å². The molecule has 0 fully saturated rings. The van der Waals surface area contributed by atoms with Gasteiger partial charge in [-0.3, -0.25) is 0 Å². The number of hydrogen-bond donors (Lipinski definition) is 2. The number of rotatable bonds is 0. The van der Waals surface area contributed by atoms with Crippen molar-refractivity contribution in [3.63, 3.8) is 0 Å². The summed E-state index contributed by atoms with van der Waals surface area (Å²) in [6.45, 7) is 0. The minimum absolute atomic E-state index is 0. The SMILES string of the molecule is C.O=C(O)C(=O)O.[CH3-].[CH3-].[Ir].[Y]. The van der Waals surface area contributed by atoms with Crippen molar-refractivity contribution in [2.75, 3.05) is 0 Å². The molecule has 0 rings (SSSR count). The second-order valence-corrected chi connectivity index (χ2v) is 0.610. The van der Waals surface area contributed by atoms with E-state index in [4.69, 9.17) is 19.8 Å². The third-order valence-electron chi connectivity index (χ3n) is 0.183. The normalized spacial score (nSPS) is 4.00. The first-order chi connectivity index (χ1) is 2.64. The summed E-state index contributed by atoms with van der Waals surface area (Å²) in [7, 11) is 0. The second-order valence-electron chi connectivity index (χ2n) is 0.610. The zero-order valence-electron chi connectivity index (χ0n) is 5.62. The Morgan fingerprint density at radius 2 is 1.00 bits per heavy atom. The number of carbonyl (C=O) groups is 2. The monoisotopic (exact) mass is 418 g/mol. The van der Waals surface area contributed by atoms with Gasteiger partial charge in [-0.2, -0.15) is 0 Å². The smallest absolute Gasteiger partial charge is 0.414 e. The van der Waals surface area contributed by atoms with Crippen LogP contribution >= 0.6 is 0 Å². The summed E-state index contributed by atoms with van der Waals surface area (Å²) in [4.78, 5) is 18.2. The molecule has 2 radical (unpaired) electrons. The van der Waals surface area contributed by atoms with Gasteiger partial charge < -0.3 is 25.1 Å². The van der Waals surface area contributed by atoms with Gasteiger partial charge in [0.05, 0.1) is 0 Å². The standard InChI is InChI=1S/C2H2O4.CH4.2CH3.Ir.Y/c3-1(4)2(5)6;;;;;/h(H,3,4)(H,5,6);1H4;2*1H3;;/q;;2*-1;;.